The van der Waals surface area contributed by atoms with Crippen LogP contribution in [0.1, 0.15) is 17.4 Å². The summed E-state index contributed by atoms with van der Waals surface area (Å²) in [4.78, 5) is 0. The lowest BCUT2D eigenvalue weighted by atomic mass is 10.0. The van der Waals surface area contributed by atoms with E-state index < -0.39 is 6.04 Å². The molecule has 2 rings (SSSR count). The Labute approximate surface area is 101 Å². The van der Waals surface area contributed by atoms with Gasteiger partial charge in [-0.2, -0.15) is 0 Å². The zero-order chi connectivity index (χ0) is 11.5. The van der Waals surface area contributed by atoms with Gasteiger partial charge in [-0.25, -0.2) is 9.82 Å². The van der Waals surface area contributed by atoms with Crippen LogP contribution in [0.5, 0.6) is 0 Å². The van der Waals surface area contributed by atoms with E-state index in [9.17, 15) is 4.39 Å². The standard InChI is InChI=1S/C11H10BrFN2O/c12-7-3-4-8(9(13)6-7)11(15-14)10-2-1-5-16-10/h1-6,11,15H,14H2. The number of hydrazine groups is 1. The summed E-state index contributed by atoms with van der Waals surface area (Å²) in [6.45, 7) is 0. The summed E-state index contributed by atoms with van der Waals surface area (Å²) in [5.41, 5.74) is 2.98. The Morgan fingerprint density at radius 1 is 1.38 bits per heavy atom. The third-order valence-corrected chi connectivity index (χ3v) is 2.76. The molecular weight excluding hydrogens is 275 g/mol. The van der Waals surface area contributed by atoms with Gasteiger partial charge in [0, 0.05) is 10.0 Å². The Morgan fingerprint density at radius 3 is 2.75 bits per heavy atom. The molecule has 1 atom stereocenters. The number of nitrogens with one attached hydrogen (secondary N) is 1. The second-order valence-corrected chi connectivity index (χ2v) is 4.20. The zero-order valence-electron chi connectivity index (χ0n) is 8.28. The van der Waals surface area contributed by atoms with E-state index in [1.54, 1.807) is 24.3 Å². The number of furan rings is 1. The molecule has 1 unspecified atom stereocenters. The van der Waals surface area contributed by atoms with Crippen LogP contribution in [-0.4, -0.2) is 0 Å². The number of rotatable bonds is 3. The van der Waals surface area contributed by atoms with Crippen LogP contribution in [0, 0.1) is 5.82 Å². The molecule has 0 saturated heterocycles. The Hall–Kier alpha value is -1.17. The van der Waals surface area contributed by atoms with Gasteiger partial charge in [0.1, 0.15) is 17.6 Å². The molecule has 16 heavy (non-hydrogen) atoms. The maximum absolute atomic E-state index is 13.7. The fraction of sp³-hybridized carbons (Fsp3) is 0.0909. The number of nitrogens with two attached hydrogens (primary N) is 1. The highest BCUT2D eigenvalue weighted by Crippen LogP contribution is 2.26. The lowest BCUT2D eigenvalue weighted by molar-refractivity contribution is 0.441. The Kier molecular flexibility index (Phi) is 3.38. The predicted octanol–water partition coefficient (Wildman–Crippen LogP) is 2.73. The van der Waals surface area contributed by atoms with Crippen molar-refractivity contribution in [1.82, 2.24) is 5.43 Å². The summed E-state index contributed by atoms with van der Waals surface area (Å²) < 4.78 is 19.6. The Balaban J connectivity index is 2.41. The van der Waals surface area contributed by atoms with Gasteiger partial charge in [0.05, 0.1) is 6.26 Å². The molecule has 0 spiro atoms. The van der Waals surface area contributed by atoms with Crippen molar-refractivity contribution in [2.75, 3.05) is 0 Å². The quantitative estimate of drug-likeness (QED) is 0.673. The molecule has 5 heteroatoms. The predicted molar refractivity (Wildman–Crippen MR) is 62.0 cm³/mol. The third kappa shape index (κ3) is 2.16. The Morgan fingerprint density at radius 2 is 2.19 bits per heavy atom. The normalized spacial score (nSPS) is 12.7. The second kappa shape index (κ2) is 4.78. The van der Waals surface area contributed by atoms with E-state index in [-0.39, 0.29) is 5.82 Å². The van der Waals surface area contributed by atoms with Crippen LogP contribution < -0.4 is 11.3 Å². The van der Waals surface area contributed by atoms with Gasteiger partial charge in [0.15, 0.2) is 0 Å². The summed E-state index contributed by atoms with van der Waals surface area (Å²) >= 11 is 3.20. The average Bonchev–Trinajstić information content (AvgIpc) is 2.75. The van der Waals surface area contributed by atoms with Gasteiger partial charge in [-0.3, -0.25) is 5.84 Å². The molecule has 2 aromatic rings. The first-order valence-corrected chi connectivity index (χ1v) is 5.46. The molecule has 0 aliphatic heterocycles. The van der Waals surface area contributed by atoms with E-state index in [0.29, 0.717) is 15.8 Å². The van der Waals surface area contributed by atoms with Crippen LogP contribution in [-0.2, 0) is 0 Å². The lowest BCUT2D eigenvalue weighted by Gasteiger charge is -2.14. The summed E-state index contributed by atoms with van der Waals surface area (Å²) in [5, 5.41) is 0. The minimum atomic E-state index is -0.483. The first-order chi connectivity index (χ1) is 7.72. The van der Waals surface area contributed by atoms with E-state index in [4.69, 9.17) is 10.3 Å². The van der Waals surface area contributed by atoms with Crippen molar-refractivity contribution in [3.63, 3.8) is 0 Å². The lowest BCUT2D eigenvalue weighted by Crippen LogP contribution is -2.29. The first kappa shape index (κ1) is 11.3. The smallest absolute Gasteiger partial charge is 0.129 e. The fourth-order valence-electron chi connectivity index (χ4n) is 1.52. The van der Waals surface area contributed by atoms with Crippen molar-refractivity contribution in [2.24, 2.45) is 5.84 Å². The maximum Gasteiger partial charge on any atom is 0.129 e. The molecule has 0 bridgehead atoms. The topological polar surface area (TPSA) is 51.2 Å². The monoisotopic (exact) mass is 284 g/mol. The molecule has 84 valence electrons. The average molecular weight is 285 g/mol. The van der Waals surface area contributed by atoms with Gasteiger partial charge in [0.25, 0.3) is 0 Å². The molecule has 0 radical (unpaired) electrons. The van der Waals surface area contributed by atoms with Gasteiger partial charge < -0.3 is 4.42 Å². The molecule has 0 amide bonds. The van der Waals surface area contributed by atoms with Gasteiger partial charge in [-0.1, -0.05) is 22.0 Å². The van der Waals surface area contributed by atoms with Crippen LogP contribution in [0.25, 0.3) is 0 Å². The van der Waals surface area contributed by atoms with Gasteiger partial charge in [-0.05, 0) is 24.3 Å². The SMILES string of the molecule is NNC(c1ccco1)c1ccc(Br)cc1F. The number of hydrogen-bond acceptors (Lipinski definition) is 3. The van der Waals surface area contributed by atoms with E-state index >= 15 is 0 Å². The largest absolute Gasteiger partial charge is 0.467 e. The highest BCUT2D eigenvalue weighted by molar-refractivity contribution is 9.10. The maximum atomic E-state index is 13.7. The molecule has 0 fully saturated rings. The van der Waals surface area contributed by atoms with Gasteiger partial charge in [-0.15, -0.1) is 0 Å². The van der Waals surface area contributed by atoms with Crippen molar-refractivity contribution < 1.29 is 8.81 Å². The van der Waals surface area contributed by atoms with Crippen LogP contribution in [0.4, 0.5) is 4.39 Å². The third-order valence-electron chi connectivity index (χ3n) is 2.27. The molecule has 1 heterocycles. The van der Waals surface area contributed by atoms with E-state index in [1.165, 1.54) is 12.3 Å². The van der Waals surface area contributed by atoms with Crippen molar-refractivity contribution in [3.05, 3.63) is 58.2 Å². The molecule has 1 aromatic heterocycles. The Bertz CT molecular complexity index is 473. The molecule has 3 nitrogen and oxygen atoms in total. The molecule has 0 saturated carbocycles. The minimum Gasteiger partial charge on any atom is -0.467 e. The van der Waals surface area contributed by atoms with E-state index in [1.807, 2.05) is 0 Å². The molecule has 3 N–H and O–H groups in total. The molecule has 1 aromatic carbocycles. The van der Waals surface area contributed by atoms with Crippen LogP contribution in [0.3, 0.4) is 0 Å². The van der Waals surface area contributed by atoms with Crippen LogP contribution >= 0.6 is 15.9 Å². The summed E-state index contributed by atoms with van der Waals surface area (Å²) in [6.07, 6.45) is 1.52. The molecule has 0 aliphatic carbocycles. The number of halogens is 2. The minimum absolute atomic E-state index is 0.339. The van der Waals surface area contributed by atoms with Crippen molar-refractivity contribution in [2.45, 2.75) is 6.04 Å². The highest BCUT2D eigenvalue weighted by Gasteiger charge is 2.18. The molecule has 0 aliphatic rings. The van der Waals surface area contributed by atoms with E-state index in [2.05, 4.69) is 21.4 Å². The summed E-state index contributed by atoms with van der Waals surface area (Å²) in [7, 11) is 0. The molecular formula is C11H10BrFN2O. The first-order valence-electron chi connectivity index (χ1n) is 4.67. The fourth-order valence-corrected chi connectivity index (χ4v) is 1.85. The van der Waals surface area contributed by atoms with Crippen LogP contribution in [0.15, 0.2) is 45.5 Å². The highest BCUT2D eigenvalue weighted by atomic mass is 79.9. The van der Waals surface area contributed by atoms with Crippen LogP contribution in [0.2, 0.25) is 0 Å². The summed E-state index contributed by atoms with van der Waals surface area (Å²) in [5.74, 6) is 5.65. The van der Waals surface area contributed by atoms with E-state index in [0.717, 1.165) is 0 Å². The van der Waals surface area contributed by atoms with Crippen molar-refractivity contribution in [3.8, 4) is 0 Å². The number of hydrogen-bond donors (Lipinski definition) is 2. The van der Waals surface area contributed by atoms with Crippen molar-refractivity contribution in [1.29, 1.82) is 0 Å². The van der Waals surface area contributed by atoms with Gasteiger partial charge in [0.2, 0.25) is 0 Å². The summed E-state index contributed by atoms with van der Waals surface area (Å²) in [6, 6.07) is 7.80. The second-order valence-electron chi connectivity index (χ2n) is 3.28. The zero-order valence-corrected chi connectivity index (χ0v) is 9.87. The van der Waals surface area contributed by atoms with Crippen molar-refractivity contribution >= 4 is 15.9 Å². The number of benzene rings is 1. The van der Waals surface area contributed by atoms with Gasteiger partial charge >= 0.3 is 0 Å².